The van der Waals surface area contributed by atoms with Crippen molar-refractivity contribution < 1.29 is 24.0 Å². The SMILES string of the molecule is Br.CCOC(=O)Nc1cc(N)c([N+](=O)[O-])c(NC(=O)OCC)n1. The fraction of sp³-hybridized carbons (Fsp3) is 0.364. The lowest BCUT2D eigenvalue weighted by Crippen LogP contribution is -2.19. The summed E-state index contributed by atoms with van der Waals surface area (Å²) < 4.78 is 9.26. The number of nitrogens with zero attached hydrogens (tertiary/aromatic N) is 2. The first-order valence-corrected chi connectivity index (χ1v) is 6.21. The molecule has 0 fully saturated rings. The van der Waals surface area contributed by atoms with Crippen LogP contribution in [-0.4, -0.2) is 35.3 Å². The summed E-state index contributed by atoms with van der Waals surface area (Å²) >= 11 is 0. The molecule has 1 rings (SSSR count). The number of ether oxygens (including phenoxy) is 2. The molecular weight excluding hydrogens is 378 g/mol. The Hall–Kier alpha value is -2.63. The van der Waals surface area contributed by atoms with Crippen molar-refractivity contribution in [2.45, 2.75) is 13.8 Å². The minimum atomic E-state index is -0.939. The Morgan fingerprint density at radius 2 is 1.78 bits per heavy atom. The first-order valence-electron chi connectivity index (χ1n) is 6.21. The minimum Gasteiger partial charge on any atom is -0.450 e. The number of carbonyl (C=O) groups excluding carboxylic acids is 2. The molecule has 0 spiro atoms. The van der Waals surface area contributed by atoms with Gasteiger partial charge in [-0.25, -0.2) is 14.6 Å². The number of anilines is 3. The average Bonchev–Trinajstić information content (AvgIpc) is 2.37. The van der Waals surface area contributed by atoms with Crippen LogP contribution in [0.2, 0.25) is 0 Å². The zero-order chi connectivity index (χ0) is 16.7. The van der Waals surface area contributed by atoms with E-state index < -0.39 is 28.6 Å². The van der Waals surface area contributed by atoms with Crippen LogP contribution in [0.1, 0.15) is 13.8 Å². The number of aromatic nitrogens is 1. The van der Waals surface area contributed by atoms with E-state index in [0.29, 0.717) is 0 Å². The summed E-state index contributed by atoms with van der Waals surface area (Å²) in [6.45, 7) is 3.36. The van der Waals surface area contributed by atoms with Crippen LogP contribution in [0.15, 0.2) is 6.07 Å². The second-order valence-corrected chi connectivity index (χ2v) is 3.74. The standard InChI is InChI=1S/C11H15N5O6.BrH/c1-3-21-10(17)14-7-5-6(12)8(16(19)20)9(13-7)15-11(18)22-4-2;/h5H,3-4H2,1-2H3,(H4,12,13,14,15,17,18);1H. The van der Waals surface area contributed by atoms with Crippen LogP contribution in [-0.2, 0) is 9.47 Å². The maximum atomic E-state index is 11.4. The molecule has 23 heavy (non-hydrogen) atoms. The summed E-state index contributed by atoms with van der Waals surface area (Å²) in [6.07, 6.45) is -1.75. The third-order valence-electron chi connectivity index (χ3n) is 2.21. The molecule has 0 unspecified atom stereocenters. The summed E-state index contributed by atoms with van der Waals surface area (Å²) in [5.41, 5.74) is 4.65. The summed E-state index contributed by atoms with van der Waals surface area (Å²) in [7, 11) is 0. The second kappa shape index (κ2) is 9.40. The molecule has 0 atom stereocenters. The monoisotopic (exact) mass is 393 g/mol. The molecule has 0 aliphatic rings. The maximum Gasteiger partial charge on any atom is 0.412 e. The van der Waals surface area contributed by atoms with E-state index in [1.165, 1.54) is 0 Å². The van der Waals surface area contributed by atoms with Crippen LogP contribution in [0.5, 0.6) is 0 Å². The summed E-state index contributed by atoms with van der Waals surface area (Å²) in [5.74, 6) is -0.566. The number of amides is 2. The molecule has 4 N–H and O–H groups in total. The molecule has 1 heterocycles. The molecular formula is C11H16BrN5O6. The van der Waals surface area contributed by atoms with Gasteiger partial charge in [0.1, 0.15) is 11.5 Å². The number of nitrogens with two attached hydrogens (primary N) is 1. The van der Waals surface area contributed by atoms with Gasteiger partial charge in [-0.3, -0.25) is 20.7 Å². The predicted molar refractivity (Wildman–Crippen MR) is 86.9 cm³/mol. The maximum absolute atomic E-state index is 11.4. The van der Waals surface area contributed by atoms with Gasteiger partial charge in [-0.2, -0.15) is 0 Å². The predicted octanol–water partition coefficient (Wildman–Crippen LogP) is 2.29. The largest absolute Gasteiger partial charge is 0.450 e. The van der Waals surface area contributed by atoms with Crippen LogP contribution >= 0.6 is 17.0 Å². The lowest BCUT2D eigenvalue weighted by Gasteiger charge is -2.10. The van der Waals surface area contributed by atoms with Gasteiger partial charge in [0.05, 0.1) is 18.1 Å². The number of rotatable bonds is 5. The number of nitrogens with one attached hydrogen (secondary N) is 2. The Bertz CT molecular complexity index is 597. The Morgan fingerprint density at radius 3 is 2.26 bits per heavy atom. The Morgan fingerprint density at radius 1 is 1.26 bits per heavy atom. The molecule has 11 nitrogen and oxygen atoms in total. The molecule has 1 aromatic rings. The number of carbonyl (C=O) groups is 2. The van der Waals surface area contributed by atoms with E-state index in [1.54, 1.807) is 13.8 Å². The number of pyridine rings is 1. The number of nitrogen functional groups attached to an aromatic ring is 1. The lowest BCUT2D eigenvalue weighted by molar-refractivity contribution is -0.383. The molecule has 0 aliphatic heterocycles. The highest BCUT2D eigenvalue weighted by Gasteiger charge is 2.24. The zero-order valence-electron chi connectivity index (χ0n) is 12.3. The van der Waals surface area contributed by atoms with Crippen LogP contribution in [0, 0.1) is 10.1 Å². The van der Waals surface area contributed by atoms with Crippen LogP contribution in [0.25, 0.3) is 0 Å². The molecule has 1 aromatic heterocycles. The van der Waals surface area contributed by atoms with Crippen molar-refractivity contribution in [3.05, 3.63) is 16.2 Å². The fourth-order valence-electron chi connectivity index (χ4n) is 1.44. The first kappa shape index (κ1) is 20.4. The second-order valence-electron chi connectivity index (χ2n) is 3.74. The van der Waals surface area contributed by atoms with Crippen molar-refractivity contribution >= 4 is 52.2 Å². The highest BCUT2D eigenvalue weighted by atomic mass is 79.9. The third kappa shape index (κ3) is 5.94. The average molecular weight is 394 g/mol. The fourth-order valence-corrected chi connectivity index (χ4v) is 1.44. The van der Waals surface area contributed by atoms with Crippen molar-refractivity contribution in [2.24, 2.45) is 0 Å². The molecule has 2 amide bonds. The molecule has 0 saturated carbocycles. The van der Waals surface area contributed by atoms with E-state index in [2.05, 4.69) is 25.1 Å². The molecule has 128 valence electrons. The number of hydrogen-bond donors (Lipinski definition) is 3. The minimum absolute atomic E-state index is 0. The van der Waals surface area contributed by atoms with Gasteiger partial charge < -0.3 is 15.2 Å². The van der Waals surface area contributed by atoms with E-state index in [4.69, 9.17) is 5.73 Å². The van der Waals surface area contributed by atoms with Crippen molar-refractivity contribution in [3.8, 4) is 0 Å². The van der Waals surface area contributed by atoms with Gasteiger partial charge in [-0.15, -0.1) is 17.0 Å². The van der Waals surface area contributed by atoms with Gasteiger partial charge in [0, 0.05) is 6.07 Å². The topological polar surface area (TPSA) is 159 Å². The summed E-state index contributed by atoms with van der Waals surface area (Å²) in [5, 5.41) is 15.3. The van der Waals surface area contributed by atoms with Gasteiger partial charge in [0.15, 0.2) is 0 Å². The van der Waals surface area contributed by atoms with Crippen molar-refractivity contribution in [1.29, 1.82) is 0 Å². The lowest BCUT2D eigenvalue weighted by atomic mass is 10.3. The molecule has 0 bridgehead atoms. The van der Waals surface area contributed by atoms with Gasteiger partial charge in [-0.1, -0.05) is 0 Å². The zero-order valence-corrected chi connectivity index (χ0v) is 14.0. The van der Waals surface area contributed by atoms with E-state index >= 15 is 0 Å². The smallest absolute Gasteiger partial charge is 0.412 e. The van der Waals surface area contributed by atoms with Gasteiger partial charge in [0.25, 0.3) is 0 Å². The van der Waals surface area contributed by atoms with Crippen molar-refractivity contribution in [3.63, 3.8) is 0 Å². The normalized spacial score (nSPS) is 9.30. The third-order valence-corrected chi connectivity index (χ3v) is 2.21. The number of halogens is 1. The van der Waals surface area contributed by atoms with Crippen molar-refractivity contribution in [2.75, 3.05) is 29.6 Å². The molecule has 0 saturated heterocycles. The first-order chi connectivity index (χ1) is 10.4. The Balaban J connectivity index is 0.00000484. The van der Waals surface area contributed by atoms with Crippen molar-refractivity contribution in [1.82, 2.24) is 4.98 Å². The van der Waals surface area contributed by atoms with E-state index in [0.717, 1.165) is 6.07 Å². The van der Waals surface area contributed by atoms with E-state index in [9.17, 15) is 19.7 Å². The van der Waals surface area contributed by atoms with Crippen LogP contribution in [0.4, 0.5) is 32.6 Å². The number of nitro groups is 1. The van der Waals surface area contributed by atoms with Gasteiger partial charge in [0.2, 0.25) is 5.82 Å². The van der Waals surface area contributed by atoms with E-state index in [1.807, 2.05) is 0 Å². The highest BCUT2D eigenvalue weighted by Crippen LogP contribution is 2.31. The molecule has 0 aliphatic carbocycles. The summed E-state index contributed by atoms with van der Waals surface area (Å²) in [4.78, 5) is 36.6. The van der Waals surface area contributed by atoms with Crippen LogP contribution in [0.3, 0.4) is 0 Å². The Kier molecular flexibility index (Phi) is 8.33. The molecule has 0 aromatic carbocycles. The van der Waals surface area contributed by atoms with Crippen LogP contribution < -0.4 is 16.4 Å². The van der Waals surface area contributed by atoms with Gasteiger partial charge in [-0.05, 0) is 13.8 Å². The Labute approximate surface area is 141 Å². The quantitative estimate of drug-likeness (QED) is 0.507. The molecule has 0 radical (unpaired) electrons. The number of hydrogen-bond acceptors (Lipinski definition) is 8. The molecule has 12 heteroatoms. The summed E-state index contributed by atoms with van der Waals surface area (Å²) in [6, 6.07) is 1.07. The van der Waals surface area contributed by atoms with E-state index in [-0.39, 0.29) is 41.7 Å². The van der Waals surface area contributed by atoms with Gasteiger partial charge >= 0.3 is 17.9 Å². The highest BCUT2D eigenvalue weighted by molar-refractivity contribution is 8.93.